The van der Waals surface area contributed by atoms with E-state index in [0.29, 0.717) is 0 Å². The number of benzene rings is 2. The predicted molar refractivity (Wildman–Crippen MR) is 125 cm³/mol. The van der Waals surface area contributed by atoms with Crippen molar-refractivity contribution in [3.8, 4) is 11.4 Å². The highest BCUT2D eigenvalue weighted by Crippen LogP contribution is 2.43. The van der Waals surface area contributed by atoms with Crippen LogP contribution in [0.25, 0.3) is 17.0 Å². The van der Waals surface area contributed by atoms with E-state index < -0.39 is 0 Å². The van der Waals surface area contributed by atoms with Crippen LogP contribution in [-0.2, 0) is 18.7 Å². The lowest BCUT2D eigenvalue weighted by atomic mass is 9.87. The summed E-state index contributed by atoms with van der Waals surface area (Å²) in [6, 6.07) is 19.8. The van der Waals surface area contributed by atoms with Gasteiger partial charge in [0.15, 0.2) is 5.82 Å². The lowest BCUT2D eigenvalue weighted by molar-refractivity contribution is 0.609. The van der Waals surface area contributed by atoms with E-state index >= 15 is 0 Å². The molecule has 0 bridgehead atoms. The molecule has 0 atom stereocenters. The zero-order valence-electron chi connectivity index (χ0n) is 17.4. The molecule has 5 heteroatoms. The summed E-state index contributed by atoms with van der Waals surface area (Å²) in [5.74, 6) is 2.97. The van der Waals surface area contributed by atoms with Gasteiger partial charge in [-0.25, -0.2) is 0 Å². The van der Waals surface area contributed by atoms with Gasteiger partial charge in [0, 0.05) is 41.6 Å². The van der Waals surface area contributed by atoms with Crippen molar-refractivity contribution in [3.05, 3.63) is 101 Å². The molecule has 2 aliphatic heterocycles. The van der Waals surface area contributed by atoms with Gasteiger partial charge in [0.25, 0.3) is 0 Å². The summed E-state index contributed by atoms with van der Waals surface area (Å²) in [5.41, 5.74) is 9.15. The van der Waals surface area contributed by atoms with Crippen LogP contribution in [0.5, 0.6) is 0 Å². The molecule has 4 aromatic rings. The van der Waals surface area contributed by atoms with Gasteiger partial charge in [0.05, 0.1) is 0 Å². The molecule has 0 fully saturated rings. The van der Waals surface area contributed by atoms with E-state index in [0.717, 1.165) is 47.9 Å². The van der Waals surface area contributed by atoms with Crippen molar-refractivity contribution in [3.63, 3.8) is 0 Å². The van der Waals surface area contributed by atoms with Crippen LogP contribution in [0.3, 0.4) is 0 Å². The second-order valence-electron chi connectivity index (χ2n) is 8.19. The first kappa shape index (κ1) is 18.6. The van der Waals surface area contributed by atoms with Crippen LogP contribution in [-0.4, -0.2) is 19.7 Å². The minimum Gasteiger partial charge on any atom is -0.310 e. The molecule has 0 spiro atoms. The number of thioether (sulfide) groups is 1. The molecule has 4 heterocycles. The van der Waals surface area contributed by atoms with Crippen LogP contribution in [0.4, 0.5) is 0 Å². The predicted octanol–water partition coefficient (Wildman–Crippen LogP) is 5.70. The first-order valence-corrected chi connectivity index (χ1v) is 11.6. The number of nitrogens with zero attached hydrogens (tertiary/aromatic N) is 4. The molecule has 0 N–H and O–H groups in total. The summed E-state index contributed by atoms with van der Waals surface area (Å²) in [6.07, 6.45) is 5.58. The minimum absolute atomic E-state index is 0.828. The van der Waals surface area contributed by atoms with Gasteiger partial charge in [-0.05, 0) is 53.3 Å². The lowest BCUT2D eigenvalue weighted by Gasteiger charge is -2.23. The monoisotopic (exact) mass is 422 g/mol. The quantitative estimate of drug-likeness (QED) is 0.394. The number of pyridine rings is 1. The van der Waals surface area contributed by atoms with E-state index in [-0.39, 0.29) is 0 Å². The average Bonchev–Trinajstić information content (AvgIpc) is 3.15. The molecular formula is C26H22N4S. The zero-order chi connectivity index (χ0) is 20.8. The summed E-state index contributed by atoms with van der Waals surface area (Å²) < 4.78 is 2.27. The van der Waals surface area contributed by atoms with Crippen molar-refractivity contribution in [1.82, 2.24) is 19.7 Å². The molecule has 2 aromatic carbocycles. The van der Waals surface area contributed by atoms with Crippen molar-refractivity contribution in [2.75, 3.05) is 0 Å². The highest BCUT2D eigenvalue weighted by molar-refractivity contribution is 7.98. The maximum atomic E-state index is 4.59. The van der Waals surface area contributed by atoms with Gasteiger partial charge in [-0.15, -0.1) is 22.0 Å². The number of hydrogen-bond acceptors (Lipinski definition) is 4. The molecule has 4 nitrogen and oxygen atoms in total. The van der Waals surface area contributed by atoms with E-state index in [1.165, 1.54) is 32.7 Å². The first-order valence-electron chi connectivity index (χ1n) is 10.6. The Kier molecular flexibility index (Phi) is 4.50. The van der Waals surface area contributed by atoms with Crippen LogP contribution in [0.1, 0.15) is 34.5 Å². The number of hydrogen-bond donors (Lipinski definition) is 0. The van der Waals surface area contributed by atoms with Crippen molar-refractivity contribution in [2.45, 2.75) is 37.0 Å². The molecule has 0 saturated carbocycles. The molecule has 0 saturated heterocycles. The fraction of sp³-hybridized carbons (Fsp3) is 0.192. The van der Waals surface area contributed by atoms with Crippen LogP contribution in [0.15, 0.2) is 77.5 Å². The fourth-order valence-electron chi connectivity index (χ4n) is 4.70. The highest BCUT2D eigenvalue weighted by atomic mass is 32.2. The van der Waals surface area contributed by atoms with Crippen LogP contribution in [0.2, 0.25) is 0 Å². The van der Waals surface area contributed by atoms with Gasteiger partial charge in [-0.1, -0.05) is 48.0 Å². The Balaban J connectivity index is 1.49. The van der Waals surface area contributed by atoms with Gasteiger partial charge in [-0.3, -0.25) is 4.98 Å². The molecule has 0 unspecified atom stereocenters. The Bertz CT molecular complexity index is 1290. The normalized spacial score (nSPS) is 17.5. The average molecular weight is 423 g/mol. The minimum atomic E-state index is 0.828. The van der Waals surface area contributed by atoms with Gasteiger partial charge < -0.3 is 4.57 Å². The SMILES string of the molecule is Cc1cncc(-c2nnc3n2CC/C(=C2/c4ccccc4CSc4ccccc42)C3)c1. The number of rotatable bonds is 1. The highest BCUT2D eigenvalue weighted by Gasteiger charge is 2.26. The molecule has 2 aliphatic rings. The molecule has 2 aromatic heterocycles. The van der Waals surface area contributed by atoms with Gasteiger partial charge >= 0.3 is 0 Å². The Morgan fingerprint density at radius 2 is 1.77 bits per heavy atom. The van der Waals surface area contributed by atoms with E-state index in [4.69, 9.17) is 0 Å². The standard InChI is InChI=1S/C26H22N4S/c1-17-12-20(15-27-14-17)26-29-28-24-13-18(10-11-30(24)26)25-21-7-3-2-6-19(21)16-31-23-9-5-4-8-22(23)25/h2-9,12,14-15H,10-11,13,16H2,1H3/b25-18+. The van der Waals surface area contributed by atoms with Gasteiger partial charge in [0.2, 0.25) is 0 Å². The summed E-state index contributed by atoms with van der Waals surface area (Å²) in [6.45, 7) is 2.95. The van der Waals surface area contributed by atoms with Crippen molar-refractivity contribution in [2.24, 2.45) is 0 Å². The van der Waals surface area contributed by atoms with Crippen LogP contribution < -0.4 is 0 Å². The number of allylic oxidation sites excluding steroid dienone is 1. The number of fused-ring (bicyclic) bond motifs is 3. The van der Waals surface area contributed by atoms with Gasteiger partial charge in [0.1, 0.15) is 5.82 Å². The van der Waals surface area contributed by atoms with Crippen molar-refractivity contribution in [1.29, 1.82) is 0 Å². The van der Waals surface area contributed by atoms with E-state index in [1.807, 2.05) is 24.2 Å². The third kappa shape index (κ3) is 3.20. The summed E-state index contributed by atoms with van der Waals surface area (Å²) in [4.78, 5) is 5.71. The summed E-state index contributed by atoms with van der Waals surface area (Å²) in [5, 5.41) is 9.13. The molecule has 0 radical (unpaired) electrons. The Hall–Kier alpha value is -3.18. The Morgan fingerprint density at radius 3 is 2.68 bits per heavy atom. The fourth-order valence-corrected chi connectivity index (χ4v) is 5.76. The third-order valence-corrected chi connectivity index (χ3v) is 7.27. The van der Waals surface area contributed by atoms with Crippen LogP contribution >= 0.6 is 11.8 Å². The molecule has 6 rings (SSSR count). The smallest absolute Gasteiger partial charge is 0.165 e. The molecule has 31 heavy (non-hydrogen) atoms. The van der Waals surface area contributed by atoms with Crippen molar-refractivity contribution >= 4 is 17.3 Å². The van der Waals surface area contributed by atoms with E-state index in [2.05, 4.69) is 81.3 Å². The molecule has 152 valence electrons. The maximum Gasteiger partial charge on any atom is 0.165 e. The number of aryl methyl sites for hydroxylation is 1. The summed E-state index contributed by atoms with van der Waals surface area (Å²) >= 11 is 1.93. The summed E-state index contributed by atoms with van der Waals surface area (Å²) in [7, 11) is 0. The van der Waals surface area contributed by atoms with E-state index in [1.54, 1.807) is 0 Å². The zero-order valence-corrected chi connectivity index (χ0v) is 18.2. The largest absolute Gasteiger partial charge is 0.310 e. The first-order chi connectivity index (χ1) is 15.3. The van der Waals surface area contributed by atoms with Crippen LogP contribution in [0, 0.1) is 6.92 Å². The topological polar surface area (TPSA) is 43.6 Å². The maximum absolute atomic E-state index is 4.59. The van der Waals surface area contributed by atoms with E-state index in [9.17, 15) is 0 Å². The Labute approximate surface area is 186 Å². The van der Waals surface area contributed by atoms with Gasteiger partial charge in [-0.2, -0.15) is 0 Å². The molecule has 0 amide bonds. The second kappa shape index (κ2) is 7.50. The third-order valence-electron chi connectivity index (χ3n) is 6.15. The second-order valence-corrected chi connectivity index (χ2v) is 9.21. The molecular weight excluding hydrogens is 400 g/mol. The number of aromatic nitrogens is 4. The van der Waals surface area contributed by atoms with Crippen molar-refractivity contribution < 1.29 is 0 Å². The lowest BCUT2D eigenvalue weighted by Crippen LogP contribution is -2.15. The Morgan fingerprint density at radius 1 is 0.935 bits per heavy atom. The molecule has 0 aliphatic carbocycles.